The average molecular weight is 777 g/mol. The van der Waals surface area contributed by atoms with Crippen LogP contribution in [-0.2, 0) is 24.8 Å². The largest absolute Gasteiger partial charge is 0.331 e. The standard InChI is InChI=1S/C57H64N2/c1-8-44(4)53-37-36-52(58(48-25-16-11-17-26-48)49-27-18-12-19-28-49)43-54(53)57(7,40-22-14-15-24-45-32-33-46-34-35-47(46)42-45)59(50-29-20-13-21-30-50)51-31-23-39-56(6,41-38-51)55(5,9-2)10-3/h8,11-13,16-21,23,25-33,36-39,41-43H,1,4,9-10,14-15,22,24,34-35,40H2,2-3,5-7H3. The van der Waals surface area contributed by atoms with Gasteiger partial charge in [0, 0.05) is 33.9 Å². The lowest BCUT2D eigenvalue weighted by atomic mass is 9.62. The van der Waals surface area contributed by atoms with E-state index in [0.717, 1.165) is 66.7 Å². The number of unbranched alkanes of at least 4 members (excludes halogenated alkanes) is 2. The zero-order valence-electron chi connectivity index (χ0n) is 36.3. The molecular weight excluding hydrogens is 713 g/mol. The topological polar surface area (TPSA) is 6.48 Å². The van der Waals surface area contributed by atoms with Crippen molar-refractivity contribution in [3.63, 3.8) is 0 Å². The number of fused-ring (bicyclic) bond motifs is 1. The second-order valence-electron chi connectivity index (χ2n) is 17.4. The number of aryl methyl sites for hydroxylation is 3. The predicted molar refractivity (Wildman–Crippen MR) is 256 cm³/mol. The molecule has 0 fully saturated rings. The van der Waals surface area contributed by atoms with Crippen molar-refractivity contribution < 1.29 is 0 Å². The fraction of sp³-hybridized carbons (Fsp3) is 0.298. The first-order valence-electron chi connectivity index (χ1n) is 22.0. The first kappa shape index (κ1) is 41.6. The molecule has 2 heteroatoms. The lowest BCUT2D eigenvalue weighted by Gasteiger charge is -2.46. The van der Waals surface area contributed by atoms with Gasteiger partial charge in [-0.1, -0.05) is 157 Å². The first-order chi connectivity index (χ1) is 28.6. The van der Waals surface area contributed by atoms with Gasteiger partial charge in [-0.25, -0.2) is 0 Å². The van der Waals surface area contributed by atoms with E-state index in [0.29, 0.717) is 0 Å². The third-order valence-corrected chi connectivity index (χ3v) is 14.0. The summed E-state index contributed by atoms with van der Waals surface area (Å²) in [6, 6.07) is 46.6. The molecule has 7 rings (SSSR count). The number of hydrogen-bond donors (Lipinski definition) is 0. The van der Waals surface area contributed by atoms with E-state index in [1.54, 1.807) is 5.56 Å². The fourth-order valence-corrected chi connectivity index (χ4v) is 9.43. The highest BCUT2D eigenvalue weighted by atomic mass is 15.2. The zero-order valence-corrected chi connectivity index (χ0v) is 36.3. The van der Waals surface area contributed by atoms with Gasteiger partial charge in [-0.3, -0.25) is 0 Å². The smallest absolute Gasteiger partial charge is 0.0681 e. The molecule has 0 heterocycles. The lowest BCUT2D eigenvalue weighted by Crippen LogP contribution is -2.44. The van der Waals surface area contributed by atoms with Gasteiger partial charge >= 0.3 is 0 Å². The fourth-order valence-electron chi connectivity index (χ4n) is 9.43. The highest BCUT2D eigenvalue weighted by Gasteiger charge is 2.41. The molecule has 2 aliphatic rings. The van der Waals surface area contributed by atoms with Crippen molar-refractivity contribution in [2.24, 2.45) is 10.8 Å². The summed E-state index contributed by atoms with van der Waals surface area (Å²) in [6.45, 7) is 20.8. The number of anilines is 4. The van der Waals surface area contributed by atoms with E-state index in [1.807, 2.05) is 6.08 Å². The Balaban J connectivity index is 1.38. The Morgan fingerprint density at radius 3 is 1.90 bits per heavy atom. The Morgan fingerprint density at radius 1 is 0.695 bits per heavy atom. The molecule has 5 aromatic carbocycles. The number of nitrogens with zero attached hydrogens (tertiary/aromatic N) is 2. The summed E-state index contributed by atoms with van der Waals surface area (Å²) in [7, 11) is 0. The monoisotopic (exact) mass is 777 g/mol. The number of hydrogen-bond acceptors (Lipinski definition) is 2. The van der Waals surface area contributed by atoms with Crippen molar-refractivity contribution in [3.8, 4) is 0 Å². The third kappa shape index (κ3) is 8.60. The Bertz CT molecular complexity index is 2270. The Morgan fingerprint density at radius 2 is 1.32 bits per heavy atom. The maximum atomic E-state index is 4.60. The number of rotatable bonds is 18. The van der Waals surface area contributed by atoms with Gasteiger partial charge in [0.05, 0.1) is 5.54 Å². The second kappa shape index (κ2) is 18.1. The first-order valence-corrected chi connectivity index (χ1v) is 22.0. The predicted octanol–water partition coefficient (Wildman–Crippen LogP) is 15.8. The summed E-state index contributed by atoms with van der Waals surface area (Å²) in [5.74, 6) is 0. The van der Waals surface area contributed by atoms with Crippen LogP contribution in [0, 0.1) is 10.8 Å². The molecule has 2 aliphatic carbocycles. The molecule has 0 bridgehead atoms. The van der Waals surface area contributed by atoms with Gasteiger partial charge in [0.15, 0.2) is 0 Å². The number of para-hydroxylation sites is 3. The molecule has 0 spiro atoms. The summed E-state index contributed by atoms with van der Waals surface area (Å²) in [5, 5.41) is 0. The Kier molecular flexibility index (Phi) is 12.8. The van der Waals surface area contributed by atoms with E-state index in [9.17, 15) is 0 Å². The SMILES string of the molecule is C=CC(=C)c1ccc(N(c2ccccc2)c2ccccc2)cc1C(C)(CCCCCc1ccc2c(c1)CC2)N(C1=CC=CC(C)(C(C)(CC)CC)C=C1)c1ccccc1. The molecule has 0 radical (unpaired) electrons. The molecule has 2 nitrogen and oxygen atoms in total. The lowest BCUT2D eigenvalue weighted by molar-refractivity contribution is 0.155. The van der Waals surface area contributed by atoms with Crippen LogP contribution in [0.1, 0.15) is 101 Å². The Hall–Kier alpha value is -5.60. The van der Waals surface area contributed by atoms with Crippen molar-refractivity contribution in [1.82, 2.24) is 0 Å². The highest BCUT2D eigenvalue weighted by molar-refractivity contribution is 5.82. The van der Waals surface area contributed by atoms with Gasteiger partial charge < -0.3 is 9.80 Å². The van der Waals surface area contributed by atoms with Crippen molar-refractivity contribution in [2.75, 3.05) is 9.80 Å². The van der Waals surface area contributed by atoms with Gasteiger partial charge in [-0.05, 0) is 151 Å². The van der Waals surface area contributed by atoms with E-state index in [2.05, 4.69) is 215 Å². The molecule has 59 heavy (non-hydrogen) atoms. The van der Waals surface area contributed by atoms with Crippen LogP contribution in [0.25, 0.3) is 5.57 Å². The van der Waals surface area contributed by atoms with Crippen LogP contribution in [-0.4, -0.2) is 0 Å². The molecule has 5 aromatic rings. The molecular formula is C57H64N2. The van der Waals surface area contributed by atoms with E-state index in [4.69, 9.17) is 0 Å². The minimum absolute atomic E-state index is 0.0971. The number of allylic oxidation sites excluding steroid dienone is 7. The maximum absolute atomic E-state index is 4.60. The van der Waals surface area contributed by atoms with Crippen LogP contribution < -0.4 is 9.80 Å². The second-order valence-corrected chi connectivity index (χ2v) is 17.4. The molecule has 2 atom stereocenters. The minimum Gasteiger partial charge on any atom is -0.331 e. The van der Waals surface area contributed by atoms with Crippen LogP contribution in [0.5, 0.6) is 0 Å². The molecule has 2 unspecified atom stereocenters. The van der Waals surface area contributed by atoms with Crippen LogP contribution in [0.15, 0.2) is 183 Å². The highest BCUT2D eigenvalue weighted by Crippen LogP contribution is 2.50. The van der Waals surface area contributed by atoms with E-state index < -0.39 is 5.54 Å². The van der Waals surface area contributed by atoms with E-state index in [-0.39, 0.29) is 10.8 Å². The Labute approximate surface area is 356 Å². The van der Waals surface area contributed by atoms with E-state index >= 15 is 0 Å². The summed E-state index contributed by atoms with van der Waals surface area (Å²) >= 11 is 0. The van der Waals surface area contributed by atoms with Crippen LogP contribution in [0.2, 0.25) is 0 Å². The summed E-state index contributed by atoms with van der Waals surface area (Å²) in [6.07, 6.45) is 24.0. The van der Waals surface area contributed by atoms with Crippen molar-refractivity contribution in [3.05, 3.63) is 211 Å². The molecule has 302 valence electrons. The number of benzene rings is 5. The average Bonchev–Trinajstić information content (AvgIpc) is 3.47. The van der Waals surface area contributed by atoms with Crippen LogP contribution in [0.4, 0.5) is 22.7 Å². The normalized spacial score (nSPS) is 16.9. The summed E-state index contributed by atoms with van der Waals surface area (Å²) < 4.78 is 0. The third-order valence-electron chi connectivity index (χ3n) is 14.0. The van der Waals surface area contributed by atoms with Crippen LogP contribution >= 0.6 is 0 Å². The molecule has 0 saturated heterocycles. The molecule has 0 N–H and O–H groups in total. The van der Waals surface area contributed by atoms with Gasteiger partial charge in [0.1, 0.15) is 0 Å². The zero-order chi connectivity index (χ0) is 41.5. The minimum atomic E-state index is -0.489. The molecule has 0 amide bonds. The van der Waals surface area contributed by atoms with Gasteiger partial charge in [-0.2, -0.15) is 0 Å². The summed E-state index contributed by atoms with van der Waals surface area (Å²) in [5.41, 5.74) is 13.1. The van der Waals surface area contributed by atoms with Gasteiger partial charge in [0.25, 0.3) is 0 Å². The quantitative estimate of drug-likeness (QED) is 0.0646. The van der Waals surface area contributed by atoms with Crippen molar-refractivity contribution in [2.45, 2.75) is 97.9 Å². The van der Waals surface area contributed by atoms with Crippen LogP contribution in [0.3, 0.4) is 0 Å². The van der Waals surface area contributed by atoms with Crippen molar-refractivity contribution >= 4 is 28.3 Å². The molecule has 0 aliphatic heterocycles. The maximum Gasteiger partial charge on any atom is 0.0681 e. The molecule has 0 aromatic heterocycles. The van der Waals surface area contributed by atoms with Crippen molar-refractivity contribution in [1.29, 1.82) is 0 Å². The summed E-state index contributed by atoms with van der Waals surface area (Å²) in [4.78, 5) is 5.00. The van der Waals surface area contributed by atoms with E-state index in [1.165, 1.54) is 47.3 Å². The van der Waals surface area contributed by atoms with Gasteiger partial charge in [0.2, 0.25) is 0 Å². The molecule has 0 saturated carbocycles. The van der Waals surface area contributed by atoms with Gasteiger partial charge in [-0.15, -0.1) is 0 Å².